The highest BCUT2D eigenvalue weighted by Gasteiger charge is 2.17. The Morgan fingerprint density at radius 1 is 0.317 bits per heavy atom. The van der Waals surface area contributed by atoms with Gasteiger partial charge in [0, 0.05) is 89.3 Å². The molecule has 0 bridgehead atoms. The maximum absolute atomic E-state index is 4.19. The molecule has 0 radical (unpaired) electrons. The summed E-state index contributed by atoms with van der Waals surface area (Å²) in [6.45, 7) is 38.3. The molecule has 12 nitrogen and oxygen atoms in total. The van der Waals surface area contributed by atoms with Crippen molar-refractivity contribution in [3.05, 3.63) is 145 Å². The van der Waals surface area contributed by atoms with Crippen LogP contribution in [0.5, 0.6) is 0 Å². The molecule has 324 valence electrons. The Kier molecular flexibility index (Phi) is 20.9. The molecule has 0 saturated heterocycles. The van der Waals surface area contributed by atoms with Crippen LogP contribution in [0, 0.1) is 0 Å². The first kappa shape index (κ1) is 52.5. The van der Waals surface area contributed by atoms with E-state index >= 15 is 0 Å². The van der Waals surface area contributed by atoms with Crippen LogP contribution in [0.15, 0.2) is 111 Å². The number of hydrogen-bond donors (Lipinski definition) is 0. The van der Waals surface area contributed by atoms with Gasteiger partial charge in [-0.25, -0.2) is 29.9 Å². The van der Waals surface area contributed by atoms with E-state index in [1.807, 2.05) is 42.7 Å². The fourth-order valence-electron chi connectivity index (χ4n) is 4.23. The molecular formula is C48H72N12. The number of rotatable bonds is 0. The van der Waals surface area contributed by atoms with Crippen LogP contribution in [-0.4, -0.2) is 60.3 Å². The summed E-state index contributed by atoms with van der Waals surface area (Å²) in [6, 6.07) is 9.67. The normalized spacial score (nSPS) is 11.5. The second-order valence-electron chi connectivity index (χ2n) is 20.1. The van der Waals surface area contributed by atoms with Gasteiger partial charge in [-0.3, -0.25) is 9.97 Å². The molecular weight excluding hydrogens is 745 g/mol. The number of aromatic nitrogens is 12. The van der Waals surface area contributed by atoms with Gasteiger partial charge in [-0.15, -0.1) is 0 Å². The van der Waals surface area contributed by atoms with Crippen LogP contribution in [0.4, 0.5) is 0 Å². The summed E-state index contributed by atoms with van der Waals surface area (Å²) in [7, 11) is 0. The van der Waals surface area contributed by atoms with Crippen LogP contribution in [0.25, 0.3) is 0 Å². The molecule has 0 amide bonds. The molecule has 0 unspecified atom stereocenters. The maximum atomic E-state index is 4.19. The largest absolute Gasteiger partial charge is 0.261 e. The van der Waals surface area contributed by atoms with E-state index in [2.05, 4.69) is 185 Å². The Morgan fingerprint density at radius 3 is 1.20 bits per heavy atom. The van der Waals surface area contributed by atoms with Crippen molar-refractivity contribution in [3.63, 3.8) is 0 Å². The first-order valence-electron chi connectivity index (χ1n) is 20.2. The van der Waals surface area contributed by atoms with Crippen LogP contribution < -0.4 is 0 Å². The van der Waals surface area contributed by atoms with E-state index in [0.717, 1.165) is 22.9 Å². The lowest BCUT2D eigenvalue weighted by Crippen LogP contribution is -2.14. The van der Waals surface area contributed by atoms with Crippen molar-refractivity contribution in [1.82, 2.24) is 60.3 Å². The molecule has 0 aliphatic rings. The molecule has 6 heterocycles. The number of nitrogens with zero attached hydrogens (tertiary/aromatic N) is 12. The van der Waals surface area contributed by atoms with Gasteiger partial charge in [-0.1, -0.05) is 125 Å². The van der Waals surface area contributed by atoms with Gasteiger partial charge in [0.05, 0.1) is 17.6 Å². The van der Waals surface area contributed by atoms with Crippen molar-refractivity contribution in [3.8, 4) is 0 Å². The van der Waals surface area contributed by atoms with Gasteiger partial charge < -0.3 is 0 Å². The zero-order valence-electron chi connectivity index (χ0n) is 39.8. The molecule has 0 fully saturated rings. The Hall–Kier alpha value is -5.52. The minimum absolute atomic E-state index is 0.0707. The fraction of sp³-hybridized carbons (Fsp3) is 0.500. The van der Waals surface area contributed by atoms with E-state index in [0.29, 0.717) is 0 Å². The Bertz CT molecular complexity index is 1570. The van der Waals surface area contributed by atoms with Crippen molar-refractivity contribution in [2.45, 2.75) is 157 Å². The standard InChI is InChI=1S/6C8H12N2/c1-8(2,3)7-4-9-6-10-5-7;1-8(2,3)7-6-9-4-5-10-7;1-8(2,3)7-4-5-9-6-10-7;1-8(2,3)7-4-5-9-10-6-7;1-8(2,3)7-9-5-4-6-10-7;1-8(2,3)7-5-4-6-9-10-7/h6*4-6H,1-3H3. The molecule has 0 saturated carbocycles. The van der Waals surface area contributed by atoms with Crippen LogP contribution in [0.1, 0.15) is 159 Å². The van der Waals surface area contributed by atoms with Crippen LogP contribution in [0.3, 0.4) is 0 Å². The predicted octanol–water partition coefficient (Wildman–Crippen LogP) is 10.6. The van der Waals surface area contributed by atoms with E-state index in [1.165, 1.54) is 11.1 Å². The van der Waals surface area contributed by atoms with E-state index in [1.54, 1.807) is 68.4 Å². The average molecular weight is 817 g/mol. The molecule has 6 aromatic rings. The molecule has 60 heavy (non-hydrogen) atoms. The summed E-state index contributed by atoms with van der Waals surface area (Å²) in [4.78, 5) is 32.3. The lowest BCUT2D eigenvalue weighted by Gasteiger charge is -2.16. The van der Waals surface area contributed by atoms with Gasteiger partial charge in [0.1, 0.15) is 18.5 Å². The van der Waals surface area contributed by atoms with Gasteiger partial charge in [0.25, 0.3) is 0 Å². The van der Waals surface area contributed by atoms with Gasteiger partial charge in [0.15, 0.2) is 0 Å². The molecule has 6 aromatic heterocycles. The van der Waals surface area contributed by atoms with Gasteiger partial charge in [-0.2, -0.15) is 20.4 Å². The number of hydrogen-bond acceptors (Lipinski definition) is 12. The zero-order valence-corrected chi connectivity index (χ0v) is 39.8. The van der Waals surface area contributed by atoms with Crippen LogP contribution in [0.2, 0.25) is 0 Å². The first-order valence-corrected chi connectivity index (χ1v) is 20.2. The summed E-state index contributed by atoms with van der Waals surface area (Å²) >= 11 is 0. The highest BCUT2D eigenvalue weighted by atomic mass is 15.1. The minimum Gasteiger partial charge on any atom is -0.261 e. The Morgan fingerprint density at radius 2 is 0.900 bits per heavy atom. The predicted molar refractivity (Wildman–Crippen MR) is 244 cm³/mol. The summed E-state index contributed by atoms with van der Waals surface area (Å²) in [5.74, 6) is 0.898. The minimum atomic E-state index is 0.0707. The summed E-state index contributed by atoms with van der Waals surface area (Å²) in [6.07, 6.45) is 22.6. The van der Waals surface area contributed by atoms with Crippen LogP contribution in [-0.2, 0) is 32.5 Å². The van der Waals surface area contributed by atoms with E-state index in [9.17, 15) is 0 Å². The summed E-state index contributed by atoms with van der Waals surface area (Å²) in [5, 5.41) is 15.3. The molecule has 0 aromatic carbocycles. The second kappa shape index (κ2) is 23.9. The smallest absolute Gasteiger partial charge is 0.133 e. The van der Waals surface area contributed by atoms with Crippen molar-refractivity contribution in [2.24, 2.45) is 0 Å². The van der Waals surface area contributed by atoms with Gasteiger partial charge >= 0.3 is 0 Å². The zero-order chi connectivity index (χ0) is 45.7. The van der Waals surface area contributed by atoms with Crippen LogP contribution >= 0.6 is 0 Å². The molecule has 12 heteroatoms. The molecule has 0 aliphatic heterocycles. The molecule has 6 rings (SSSR count). The molecule has 0 atom stereocenters. The van der Waals surface area contributed by atoms with Crippen molar-refractivity contribution in [1.29, 1.82) is 0 Å². The summed E-state index contributed by atoms with van der Waals surface area (Å²) in [5.41, 5.74) is 6.37. The van der Waals surface area contributed by atoms with Crippen molar-refractivity contribution >= 4 is 0 Å². The third-order valence-electron chi connectivity index (χ3n) is 8.14. The Balaban J connectivity index is 0.000000360. The van der Waals surface area contributed by atoms with Gasteiger partial charge in [-0.05, 0) is 52.3 Å². The lowest BCUT2D eigenvalue weighted by molar-refractivity contribution is 0.545. The monoisotopic (exact) mass is 817 g/mol. The van der Waals surface area contributed by atoms with Crippen molar-refractivity contribution in [2.75, 3.05) is 0 Å². The topological polar surface area (TPSA) is 155 Å². The third-order valence-corrected chi connectivity index (χ3v) is 8.14. The molecule has 0 spiro atoms. The van der Waals surface area contributed by atoms with Gasteiger partial charge in [0.2, 0.25) is 0 Å². The lowest BCUT2D eigenvalue weighted by atomic mass is 9.89. The quantitative estimate of drug-likeness (QED) is 0.143. The second-order valence-corrected chi connectivity index (χ2v) is 20.1. The molecule has 0 N–H and O–H groups in total. The fourth-order valence-corrected chi connectivity index (χ4v) is 4.23. The highest BCUT2D eigenvalue weighted by molar-refractivity contribution is 5.16. The SMILES string of the molecule is CC(C)(C)c1cccnn1.CC(C)(C)c1ccncn1.CC(C)(C)c1ccnnc1.CC(C)(C)c1cnccn1.CC(C)(C)c1cncnc1.CC(C)(C)c1ncccn1. The highest BCUT2D eigenvalue weighted by Crippen LogP contribution is 2.21. The Labute approximate surface area is 361 Å². The maximum Gasteiger partial charge on any atom is 0.133 e. The van der Waals surface area contributed by atoms with E-state index in [4.69, 9.17) is 0 Å². The summed E-state index contributed by atoms with van der Waals surface area (Å²) < 4.78 is 0. The van der Waals surface area contributed by atoms with E-state index in [-0.39, 0.29) is 32.5 Å². The molecule has 0 aliphatic carbocycles. The van der Waals surface area contributed by atoms with E-state index < -0.39 is 0 Å². The van der Waals surface area contributed by atoms with Crippen molar-refractivity contribution < 1.29 is 0 Å². The third kappa shape index (κ3) is 22.6. The first-order chi connectivity index (χ1) is 27.6. The average Bonchev–Trinajstić information content (AvgIpc) is 3.19.